The molecule has 1 N–H and O–H groups in total. The van der Waals surface area contributed by atoms with Crippen LogP contribution in [0.5, 0.6) is 0 Å². The minimum Gasteiger partial charge on any atom is -0.357 e. The number of hydrogen-bond donors (Lipinski definition) is 1. The molecule has 1 fully saturated rings. The van der Waals surface area contributed by atoms with Gasteiger partial charge in [-0.1, -0.05) is 0 Å². The fourth-order valence-corrected chi connectivity index (χ4v) is 3.01. The molecule has 2 aromatic heterocycles. The van der Waals surface area contributed by atoms with Crippen molar-refractivity contribution in [1.82, 2.24) is 29.8 Å². The number of hydrogen-bond acceptors (Lipinski definition) is 3. The van der Waals surface area contributed by atoms with Crippen molar-refractivity contribution in [2.45, 2.75) is 25.8 Å². The Morgan fingerprint density at radius 1 is 1.39 bits per heavy atom. The zero-order chi connectivity index (χ0) is 16.2. The maximum Gasteiger partial charge on any atom is 0.194 e. The first-order valence-electron chi connectivity index (χ1n) is 8.16. The maximum atomic E-state index is 4.78. The molecule has 0 aliphatic carbocycles. The van der Waals surface area contributed by atoms with Gasteiger partial charge >= 0.3 is 0 Å². The summed E-state index contributed by atoms with van der Waals surface area (Å²) in [6.45, 7) is 5.64. The van der Waals surface area contributed by atoms with Crippen LogP contribution in [-0.4, -0.2) is 50.1 Å². The highest BCUT2D eigenvalue weighted by molar-refractivity contribution is 5.80. The van der Waals surface area contributed by atoms with Crippen LogP contribution in [0.15, 0.2) is 29.6 Å². The van der Waals surface area contributed by atoms with E-state index in [0.717, 1.165) is 37.7 Å². The molecule has 7 heteroatoms. The van der Waals surface area contributed by atoms with Crippen LogP contribution in [0, 0.1) is 0 Å². The summed E-state index contributed by atoms with van der Waals surface area (Å²) in [4.78, 5) is 7.13. The van der Waals surface area contributed by atoms with Gasteiger partial charge in [0.2, 0.25) is 0 Å². The van der Waals surface area contributed by atoms with Gasteiger partial charge in [-0.2, -0.15) is 10.2 Å². The van der Waals surface area contributed by atoms with Gasteiger partial charge < -0.3 is 10.2 Å². The maximum absolute atomic E-state index is 4.78. The molecule has 1 aliphatic heterocycles. The molecule has 23 heavy (non-hydrogen) atoms. The standard InChI is InChI=1S/C16H25N7/c1-4-17-16(18-10-15-5-7-19-22(15)3)23-8-6-13(12-23)14-9-20-21(2)11-14/h5,7,9,11,13H,4,6,8,10,12H2,1-3H3,(H,17,18). The number of aryl methyl sites for hydroxylation is 2. The van der Waals surface area contributed by atoms with E-state index in [2.05, 4.69) is 33.5 Å². The van der Waals surface area contributed by atoms with Crippen molar-refractivity contribution >= 4 is 5.96 Å². The van der Waals surface area contributed by atoms with Gasteiger partial charge in [0.1, 0.15) is 0 Å². The Balaban J connectivity index is 1.68. The largest absolute Gasteiger partial charge is 0.357 e. The summed E-state index contributed by atoms with van der Waals surface area (Å²) in [6, 6.07) is 2.01. The van der Waals surface area contributed by atoms with Crippen molar-refractivity contribution in [3.8, 4) is 0 Å². The zero-order valence-corrected chi connectivity index (χ0v) is 14.1. The highest BCUT2D eigenvalue weighted by atomic mass is 15.3. The first-order valence-corrected chi connectivity index (χ1v) is 8.16. The van der Waals surface area contributed by atoms with Gasteiger partial charge in [-0.15, -0.1) is 0 Å². The molecule has 124 valence electrons. The molecule has 0 bridgehead atoms. The fraction of sp³-hybridized carbons (Fsp3) is 0.562. The summed E-state index contributed by atoms with van der Waals surface area (Å²) in [5, 5.41) is 11.9. The minimum atomic E-state index is 0.532. The van der Waals surface area contributed by atoms with Gasteiger partial charge in [0, 0.05) is 52.0 Å². The van der Waals surface area contributed by atoms with Crippen molar-refractivity contribution in [3.63, 3.8) is 0 Å². The van der Waals surface area contributed by atoms with Gasteiger partial charge in [-0.3, -0.25) is 9.36 Å². The molecular formula is C16H25N7. The predicted molar refractivity (Wildman–Crippen MR) is 90.2 cm³/mol. The number of aliphatic imine (C=N–C) groups is 1. The van der Waals surface area contributed by atoms with E-state index in [4.69, 9.17) is 4.99 Å². The molecule has 0 amide bonds. The highest BCUT2D eigenvalue weighted by Crippen LogP contribution is 2.26. The third-order valence-electron chi connectivity index (χ3n) is 4.33. The summed E-state index contributed by atoms with van der Waals surface area (Å²) in [7, 11) is 3.92. The summed E-state index contributed by atoms with van der Waals surface area (Å²) < 4.78 is 3.75. The SMILES string of the molecule is CCNC(=NCc1ccnn1C)N1CCC(c2cnn(C)c2)C1. The summed E-state index contributed by atoms with van der Waals surface area (Å²) in [6.07, 6.45) is 7.05. The van der Waals surface area contributed by atoms with E-state index in [9.17, 15) is 0 Å². The second-order valence-corrected chi connectivity index (χ2v) is 6.00. The molecule has 0 radical (unpaired) electrons. The van der Waals surface area contributed by atoms with Gasteiger partial charge in [-0.05, 0) is 25.0 Å². The number of aromatic nitrogens is 4. The summed E-state index contributed by atoms with van der Waals surface area (Å²) in [5.41, 5.74) is 2.43. The van der Waals surface area contributed by atoms with E-state index in [1.165, 1.54) is 5.56 Å². The zero-order valence-electron chi connectivity index (χ0n) is 14.1. The monoisotopic (exact) mass is 315 g/mol. The van der Waals surface area contributed by atoms with Gasteiger partial charge in [0.15, 0.2) is 5.96 Å². The molecule has 0 spiro atoms. The smallest absolute Gasteiger partial charge is 0.194 e. The molecule has 1 unspecified atom stereocenters. The highest BCUT2D eigenvalue weighted by Gasteiger charge is 2.26. The van der Waals surface area contributed by atoms with Crippen LogP contribution < -0.4 is 5.32 Å². The average Bonchev–Trinajstić information content (AvgIpc) is 3.25. The first kappa shape index (κ1) is 15.6. The predicted octanol–water partition coefficient (Wildman–Crippen LogP) is 1.11. The Hall–Kier alpha value is -2.31. The van der Waals surface area contributed by atoms with E-state index in [1.54, 1.807) is 0 Å². The second-order valence-electron chi connectivity index (χ2n) is 6.00. The Morgan fingerprint density at radius 3 is 2.91 bits per heavy atom. The molecule has 3 rings (SSSR count). The number of guanidine groups is 1. The average molecular weight is 315 g/mol. The van der Waals surface area contributed by atoms with Crippen molar-refractivity contribution < 1.29 is 0 Å². The van der Waals surface area contributed by atoms with Crippen LogP contribution in [0.2, 0.25) is 0 Å². The normalized spacial score (nSPS) is 18.7. The Labute approximate surface area is 137 Å². The van der Waals surface area contributed by atoms with Crippen molar-refractivity contribution in [1.29, 1.82) is 0 Å². The Kier molecular flexibility index (Phi) is 4.64. The quantitative estimate of drug-likeness (QED) is 0.678. The molecule has 1 aliphatic rings. The van der Waals surface area contributed by atoms with Crippen molar-refractivity contribution in [2.75, 3.05) is 19.6 Å². The topological polar surface area (TPSA) is 63.3 Å². The number of rotatable bonds is 4. The van der Waals surface area contributed by atoms with E-state index in [-0.39, 0.29) is 0 Å². The van der Waals surface area contributed by atoms with Crippen LogP contribution in [-0.2, 0) is 20.6 Å². The van der Waals surface area contributed by atoms with Crippen LogP contribution in [0.1, 0.15) is 30.5 Å². The number of nitrogens with one attached hydrogen (secondary N) is 1. The lowest BCUT2D eigenvalue weighted by molar-refractivity contribution is 0.485. The number of likely N-dealkylation sites (tertiary alicyclic amines) is 1. The molecule has 1 saturated heterocycles. The van der Waals surface area contributed by atoms with Crippen LogP contribution in [0.4, 0.5) is 0 Å². The molecule has 0 aromatic carbocycles. The van der Waals surface area contributed by atoms with E-state index >= 15 is 0 Å². The molecule has 3 heterocycles. The van der Waals surface area contributed by atoms with Crippen LogP contribution in [0.25, 0.3) is 0 Å². The molecule has 2 aromatic rings. The minimum absolute atomic E-state index is 0.532. The molecular weight excluding hydrogens is 290 g/mol. The molecule has 1 atom stereocenters. The van der Waals surface area contributed by atoms with E-state index < -0.39 is 0 Å². The van der Waals surface area contributed by atoms with Gasteiger partial charge in [0.05, 0.1) is 18.4 Å². The lowest BCUT2D eigenvalue weighted by Crippen LogP contribution is -2.40. The van der Waals surface area contributed by atoms with Gasteiger partial charge in [0.25, 0.3) is 0 Å². The lowest BCUT2D eigenvalue weighted by Gasteiger charge is -2.21. The third kappa shape index (κ3) is 3.55. The van der Waals surface area contributed by atoms with Crippen LogP contribution in [0.3, 0.4) is 0 Å². The van der Waals surface area contributed by atoms with Crippen molar-refractivity contribution in [3.05, 3.63) is 35.9 Å². The number of nitrogens with zero attached hydrogens (tertiary/aromatic N) is 6. The van der Waals surface area contributed by atoms with E-state index in [1.807, 2.05) is 41.9 Å². The Bertz CT molecular complexity index is 670. The van der Waals surface area contributed by atoms with E-state index in [0.29, 0.717) is 12.5 Å². The van der Waals surface area contributed by atoms with Crippen LogP contribution >= 0.6 is 0 Å². The summed E-state index contributed by atoms with van der Waals surface area (Å²) in [5.74, 6) is 1.52. The lowest BCUT2D eigenvalue weighted by atomic mass is 10.0. The molecule has 7 nitrogen and oxygen atoms in total. The van der Waals surface area contributed by atoms with Crippen molar-refractivity contribution in [2.24, 2.45) is 19.1 Å². The first-order chi connectivity index (χ1) is 11.2. The summed E-state index contributed by atoms with van der Waals surface area (Å²) >= 11 is 0. The third-order valence-corrected chi connectivity index (χ3v) is 4.33. The Morgan fingerprint density at radius 2 is 2.26 bits per heavy atom. The van der Waals surface area contributed by atoms with Gasteiger partial charge in [-0.25, -0.2) is 4.99 Å². The molecule has 0 saturated carbocycles. The fourth-order valence-electron chi connectivity index (χ4n) is 3.01. The second kappa shape index (κ2) is 6.85.